The molecule has 1 saturated carbocycles. The number of amides is 1. The summed E-state index contributed by atoms with van der Waals surface area (Å²) in [4.78, 5) is 33.2. The van der Waals surface area contributed by atoms with E-state index in [0.717, 1.165) is 34.3 Å². The number of hydrogen-bond donors (Lipinski definition) is 2. The van der Waals surface area contributed by atoms with Crippen molar-refractivity contribution in [1.29, 1.82) is 0 Å². The van der Waals surface area contributed by atoms with Gasteiger partial charge in [0.15, 0.2) is 12.3 Å². The third-order valence-electron chi connectivity index (χ3n) is 8.10. The van der Waals surface area contributed by atoms with Crippen LogP contribution in [0.1, 0.15) is 35.5 Å². The largest absolute Gasteiger partial charge is 0.482 e. The molecule has 14 heteroatoms. The third-order valence-corrected chi connectivity index (χ3v) is 8.34. The zero-order chi connectivity index (χ0) is 29.6. The summed E-state index contributed by atoms with van der Waals surface area (Å²) >= 11 is 6.28. The summed E-state index contributed by atoms with van der Waals surface area (Å²) in [6.07, 6.45) is -1.23. The Labute approximate surface area is 245 Å². The number of H-pyrrole nitrogens is 1. The Bertz CT molecular complexity index is 2030. The molecule has 0 bridgehead atoms. The van der Waals surface area contributed by atoms with E-state index in [1.807, 2.05) is 12.1 Å². The minimum Gasteiger partial charge on any atom is -0.482 e. The van der Waals surface area contributed by atoms with Crippen molar-refractivity contribution in [2.45, 2.75) is 24.6 Å². The maximum Gasteiger partial charge on any atom is 0.436 e. The van der Waals surface area contributed by atoms with Crippen molar-refractivity contribution in [2.24, 2.45) is 5.92 Å². The van der Waals surface area contributed by atoms with E-state index in [-0.39, 0.29) is 36.0 Å². The number of hydrogen-bond acceptors (Lipinski definition) is 6. The Hall–Kier alpha value is -4.91. The molecule has 43 heavy (non-hydrogen) atoms. The first-order chi connectivity index (χ1) is 20.6. The molecule has 10 nitrogen and oxygen atoms in total. The van der Waals surface area contributed by atoms with Crippen LogP contribution in [0.15, 0.2) is 65.7 Å². The molecule has 1 aliphatic carbocycles. The van der Waals surface area contributed by atoms with Gasteiger partial charge in [0.05, 0.1) is 35.5 Å². The van der Waals surface area contributed by atoms with Crippen LogP contribution in [0.3, 0.4) is 0 Å². The zero-order valence-corrected chi connectivity index (χ0v) is 22.6. The van der Waals surface area contributed by atoms with Gasteiger partial charge in [0.2, 0.25) is 0 Å². The minimum absolute atomic E-state index is 0.0587. The predicted octanol–water partition coefficient (Wildman–Crippen LogP) is 5.20. The van der Waals surface area contributed by atoms with Crippen molar-refractivity contribution in [2.75, 3.05) is 11.9 Å². The normalized spacial score (nSPS) is 20.2. The van der Waals surface area contributed by atoms with Gasteiger partial charge in [-0.1, -0.05) is 16.8 Å². The number of fused-ring (bicyclic) bond motifs is 4. The fourth-order valence-corrected chi connectivity index (χ4v) is 6.28. The zero-order valence-electron chi connectivity index (χ0n) is 21.9. The van der Waals surface area contributed by atoms with Crippen molar-refractivity contribution in [3.63, 3.8) is 0 Å². The molecule has 3 aromatic heterocycles. The number of anilines is 1. The number of imidazole rings is 1. The number of pyridine rings is 1. The summed E-state index contributed by atoms with van der Waals surface area (Å²) < 4.78 is 47.9. The van der Waals surface area contributed by atoms with Crippen LogP contribution in [-0.2, 0) is 11.0 Å². The van der Waals surface area contributed by atoms with Crippen LogP contribution in [0, 0.1) is 5.92 Å². The van der Waals surface area contributed by atoms with Crippen molar-refractivity contribution in [1.82, 2.24) is 29.5 Å². The van der Waals surface area contributed by atoms with Gasteiger partial charge in [-0.3, -0.25) is 9.59 Å². The Balaban J connectivity index is 1.15. The molecule has 1 fully saturated rings. The molecule has 5 heterocycles. The molecule has 3 unspecified atom stereocenters. The van der Waals surface area contributed by atoms with Crippen LogP contribution in [-0.4, -0.2) is 42.0 Å². The Morgan fingerprint density at radius 2 is 1.91 bits per heavy atom. The average molecular weight is 606 g/mol. The van der Waals surface area contributed by atoms with Gasteiger partial charge >= 0.3 is 6.18 Å². The molecule has 2 aromatic carbocycles. The van der Waals surface area contributed by atoms with Crippen molar-refractivity contribution < 1.29 is 22.7 Å². The number of carbonyl (C=O) groups excluding carboxylic acids is 1. The van der Waals surface area contributed by atoms with Gasteiger partial charge in [0.25, 0.3) is 11.5 Å². The molecule has 0 spiro atoms. The van der Waals surface area contributed by atoms with Crippen molar-refractivity contribution in [3.05, 3.63) is 93.4 Å². The molecule has 3 atom stereocenters. The van der Waals surface area contributed by atoms with Gasteiger partial charge < -0.3 is 19.6 Å². The molecule has 2 N–H and O–H groups in total. The first-order valence-corrected chi connectivity index (χ1v) is 13.7. The second kappa shape index (κ2) is 9.04. The Morgan fingerprint density at radius 3 is 2.72 bits per heavy atom. The van der Waals surface area contributed by atoms with Crippen molar-refractivity contribution >= 4 is 23.2 Å². The highest BCUT2D eigenvalue weighted by Crippen LogP contribution is 2.60. The number of carbonyl (C=O) groups is 1. The smallest absolute Gasteiger partial charge is 0.436 e. The number of alkyl halides is 3. The molecule has 8 rings (SSSR count). The molecule has 2 aliphatic heterocycles. The summed E-state index contributed by atoms with van der Waals surface area (Å²) in [5.74, 6) is 1.28. The van der Waals surface area contributed by atoms with Crippen LogP contribution in [0.25, 0.3) is 28.2 Å². The van der Waals surface area contributed by atoms with Gasteiger partial charge in [-0.2, -0.15) is 13.2 Å². The molecule has 5 aromatic rings. The number of aromatic amines is 1. The number of nitrogens with zero attached hydrogens (tertiary/aromatic N) is 5. The molecule has 1 amide bonds. The van der Waals surface area contributed by atoms with E-state index in [2.05, 4.69) is 25.6 Å². The summed E-state index contributed by atoms with van der Waals surface area (Å²) in [6, 6.07) is 13.2. The number of ether oxygens (including phenoxy) is 1. The molecule has 0 saturated heterocycles. The van der Waals surface area contributed by atoms with E-state index in [9.17, 15) is 22.8 Å². The Morgan fingerprint density at radius 1 is 1.05 bits per heavy atom. The van der Waals surface area contributed by atoms with Gasteiger partial charge in [-0.05, 0) is 60.4 Å². The summed E-state index contributed by atoms with van der Waals surface area (Å²) in [5, 5.41) is 10.1. The van der Waals surface area contributed by atoms with E-state index in [0.29, 0.717) is 39.1 Å². The molecule has 3 aliphatic rings. The van der Waals surface area contributed by atoms with Crippen LogP contribution >= 0.6 is 11.6 Å². The van der Waals surface area contributed by atoms with E-state index in [1.165, 1.54) is 6.07 Å². The third kappa shape index (κ3) is 4.22. The van der Waals surface area contributed by atoms with E-state index in [4.69, 9.17) is 16.3 Å². The predicted molar refractivity (Wildman–Crippen MR) is 148 cm³/mol. The van der Waals surface area contributed by atoms with E-state index in [1.54, 1.807) is 41.1 Å². The molecular weight excluding hydrogens is 587 g/mol. The van der Waals surface area contributed by atoms with E-state index < -0.39 is 11.9 Å². The molecule has 216 valence electrons. The lowest BCUT2D eigenvalue weighted by Crippen LogP contribution is -2.26. The van der Waals surface area contributed by atoms with Gasteiger partial charge in [-0.25, -0.2) is 9.67 Å². The highest BCUT2D eigenvalue weighted by Gasteiger charge is 2.54. The first-order valence-electron chi connectivity index (χ1n) is 13.3. The van der Waals surface area contributed by atoms with Crippen molar-refractivity contribution in [3.8, 4) is 34.0 Å². The fourth-order valence-electron chi connectivity index (χ4n) is 6.11. The van der Waals surface area contributed by atoms with Crippen LogP contribution in [0.4, 0.5) is 18.9 Å². The number of halogens is 4. The first kappa shape index (κ1) is 25.8. The minimum atomic E-state index is -4.65. The summed E-state index contributed by atoms with van der Waals surface area (Å²) in [6.45, 7) is -0.0587. The van der Waals surface area contributed by atoms with Gasteiger partial charge in [0.1, 0.15) is 11.6 Å². The fraction of sp³-hybridized carbons (Fsp3) is 0.207. The maximum atomic E-state index is 13.6. The molecule has 0 radical (unpaired) electrons. The number of nitrogens with one attached hydrogen (secondary N) is 2. The second-order valence-electron chi connectivity index (χ2n) is 10.8. The number of benzene rings is 2. The lowest BCUT2D eigenvalue weighted by atomic mass is 10.0. The van der Waals surface area contributed by atoms with Gasteiger partial charge in [-0.15, -0.1) is 5.10 Å². The SMILES string of the molecule is O=C1COc2cc(-c3ncc(C4C5CC5c5cc(-c6cc(Cl)ccc6-n6cc(C(F)(F)F)nn6)cc(=O)n54)[nH]3)ccc2N1. The summed E-state index contributed by atoms with van der Waals surface area (Å²) in [5.41, 5.74) is 2.90. The average Bonchev–Trinajstić information content (AvgIpc) is 3.30. The lowest BCUT2D eigenvalue weighted by molar-refractivity contribution is -0.141. The van der Waals surface area contributed by atoms with Crippen LogP contribution in [0.2, 0.25) is 5.02 Å². The second-order valence-corrected chi connectivity index (χ2v) is 11.2. The maximum absolute atomic E-state index is 13.6. The van der Waals surface area contributed by atoms with Crippen LogP contribution in [0.5, 0.6) is 5.75 Å². The quantitative estimate of drug-likeness (QED) is 0.291. The van der Waals surface area contributed by atoms with Crippen LogP contribution < -0.4 is 15.6 Å². The number of aromatic nitrogens is 6. The lowest BCUT2D eigenvalue weighted by Gasteiger charge is -2.19. The van der Waals surface area contributed by atoms with Gasteiger partial charge in [0, 0.05) is 33.8 Å². The Kier molecular flexibility index (Phi) is 5.42. The summed E-state index contributed by atoms with van der Waals surface area (Å²) in [7, 11) is 0. The highest BCUT2D eigenvalue weighted by atomic mass is 35.5. The topological polar surface area (TPSA) is 120 Å². The number of rotatable bonds is 4. The standard InChI is InChI=1S/C29H19ClF3N7O3/c30-15-2-4-21(39-11-24(37-38-39)29(31,32)33)16(8-15)14-5-22-17-9-18(17)27(40(22)26(42)7-14)20-10-34-28(36-20)13-1-3-19-23(6-13)43-12-25(41)35-19/h1-8,10-11,17-18,27H,9,12H2,(H,34,36)(H,35,41). The monoisotopic (exact) mass is 605 g/mol. The molecular formula is C29H19ClF3N7O3. The highest BCUT2D eigenvalue weighted by molar-refractivity contribution is 6.31. The van der Waals surface area contributed by atoms with E-state index >= 15 is 0 Å².